The molecular weight excluding hydrogens is 292 g/mol. The van der Waals surface area contributed by atoms with Crippen molar-refractivity contribution in [2.75, 3.05) is 13.6 Å². The molecule has 0 saturated carbocycles. The first kappa shape index (κ1) is 19.4. The lowest BCUT2D eigenvalue weighted by atomic mass is 10.1. The maximum Gasteiger partial charge on any atom is 0.263 e. The van der Waals surface area contributed by atoms with Crippen LogP contribution in [0.15, 0.2) is 24.3 Å². The minimum atomic E-state index is -0.629. The number of halogens is 1. The van der Waals surface area contributed by atoms with E-state index in [0.29, 0.717) is 17.9 Å². The van der Waals surface area contributed by atoms with E-state index in [4.69, 9.17) is 10.5 Å². The summed E-state index contributed by atoms with van der Waals surface area (Å²) in [5, 5.41) is 0. The molecule has 1 rings (SSSR count). The monoisotopic (exact) mass is 314 g/mol. The molecule has 0 aromatic heterocycles. The number of ether oxygens (including phenoxy) is 1. The molecule has 0 fully saturated rings. The van der Waals surface area contributed by atoms with Crippen LogP contribution in [0.1, 0.15) is 31.1 Å². The maximum atomic E-state index is 12.1. The number of benzene rings is 1. The number of amides is 1. The zero-order valence-corrected chi connectivity index (χ0v) is 13.6. The number of Topliss-reactive ketones (excluding diaryl/α,β-unsaturated/α-hetero) is 1. The minimum absolute atomic E-state index is 0. The molecule has 1 amide bonds. The highest BCUT2D eigenvalue weighted by molar-refractivity contribution is 5.94. The third-order valence-corrected chi connectivity index (χ3v) is 3.25. The van der Waals surface area contributed by atoms with E-state index in [-0.39, 0.29) is 30.1 Å². The van der Waals surface area contributed by atoms with Crippen molar-refractivity contribution in [1.82, 2.24) is 4.90 Å². The van der Waals surface area contributed by atoms with Gasteiger partial charge in [0.15, 0.2) is 11.9 Å². The Balaban J connectivity index is 0.00000400. The molecule has 118 valence electrons. The fourth-order valence-corrected chi connectivity index (χ4v) is 1.71. The minimum Gasteiger partial charge on any atom is -0.481 e. The Morgan fingerprint density at radius 2 is 1.95 bits per heavy atom. The number of hydrogen-bond donors (Lipinski definition) is 1. The van der Waals surface area contributed by atoms with Crippen LogP contribution in [0.5, 0.6) is 5.75 Å². The SMILES string of the molecule is CC(=O)c1cccc(OC(C)C(=O)N(C)C(C)CN)c1.Cl. The predicted molar refractivity (Wildman–Crippen MR) is 85.1 cm³/mol. The molecular formula is C15H23ClN2O3. The van der Waals surface area contributed by atoms with Crippen LogP contribution in [0.2, 0.25) is 0 Å². The van der Waals surface area contributed by atoms with Crippen LogP contribution in [-0.2, 0) is 4.79 Å². The van der Waals surface area contributed by atoms with Crippen LogP contribution in [0.4, 0.5) is 0 Å². The number of nitrogens with zero attached hydrogens (tertiary/aromatic N) is 1. The zero-order valence-electron chi connectivity index (χ0n) is 12.8. The van der Waals surface area contributed by atoms with Crippen LogP contribution in [0.3, 0.4) is 0 Å². The largest absolute Gasteiger partial charge is 0.481 e. The van der Waals surface area contributed by atoms with Crippen molar-refractivity contribution in [3.8, 4) is 5.75 Å². The van der Waals surface area contributed by atoms with Crippen LogP contribution in [-0.4, -0.2) is 42.3 Å². The quantitative estimate of drug-likeness (QED) is 0.814. The lowest BCUT2D eigenvalue weighted by molar-refractivity contribution is -0.138. The van der Waals surface area contributed by atoms with Gasteiger partial charge in [-0.2, -0.15) is 0 Å². The first-order chi connectivity index (χ1) is 9.36. The van der Waals surface area contributed by atoms with Crippen molar-refractivity contribution in [3.63, 3.8) is 0 Å². The summed E-state index contributed by atoms with van der Waals surface area (Å²) in [7, 11) is 1.70. The Kier molecular flexibility index (Phi) is 7.99. The molecule has 0 saturated heterocycles. The van der Waals surface area contributed by atoms with Gasteiger partial charge >= 0.3 is 0 Å². The van der Waals surface area contributed by atoms with Gasteiger partial charge in [0.1, 0.15) is 5.75 Å². The first-order valence-corrected chi connectivity index (χ1v) is 6.61. The standard InChI is InChI=1S/C15H22N2O3.ClH/c1-10(9-16)17(4)15(19)12(3)20-14-7-5-6-13(8-14)11(2)18;/h5-8,10,12H,9,16H2,1-4H3;1H. The van der Waals surface area contributed by atoms with Crippen LogP contribution in [0, 0.1) is 0 Å². The van der Waals surface area contributed by atoms with Gasteiger partial charge in [-0.1, -0.05) is 12.1 Å². The third kappa shape index (κ3) is 5.36. The Labute approximate surface area is 131 Å². The summed E-state index contributed by atoms with van der Waals surface area (Å²) in [5.41, 5.74) is 6.11. The van der Waals surface area contributed by atoms with Crippen molar-refractivity contribution in [1.29, 1.82) is 0 Å². The molecule has 0 aliphatic rings. The van der Waals surface area contributed by atoms with E-state index in [1.165, 1.54) is 6.92 Å². The Morgan fingerprint density at radius 1 is 1.33 bits per heavy atom. The molecule has 2 unspecified atom stereocenters. The van der Waals surface area contributed by atoms with Gasteiger partial charge in [0.25, 0.3) is 5.91 Å². The van der Waals surface area contributed by atoms with Gasteiger partial charge in [-0.15, -0.1) is 12.4 Å². The number of nitrogens with two attached hydrogens (primary N) is 1. The molecule has 0 aliphatic heterocycles. The summed E-state index contributed by atoms with van der Waals surface area (Å²) < 4.78 is 5.60. The molecule has 0 spiro atoms. The van der Waals surface area contributed by atoms with Gasteiger partial charge < -0.3 is 15.4 Å². The van der Waals surface area contributed by atoms with Crippen molar-refractivity contribution in [2.45, 2.75) is 32.9 Å². The molecule has 5 nitrogen and oxygen atoms in total. The van der Waals surface area contributed by atoms with Gasteiger partial charge in [-0.05, 0) is 32.9 Å². The van der Waals surface area contributed by atoms with Crippen LogP contribution in [0.25, 0.3) is 0 Å². The van der Waals surface area contributed by atoms with Gasteiger partial charge in [0.2, 0.25) is 0 Å². The third-order valence-electron chi connectivity index (χ3n) is 3.25. The summed E-state index contributed by atoms with van der Waals surface area (Å²) in [6.07, 6.45) is -0.629. The normalized spacial score (nSPS) is 12.8. The van der Waals surface area contributed by atoms with E-state index in [2.05, 4.69) is 0 Å². The zero-order chi connectivity index (χ0) is 15.3. The predicted octanol–water partition coefficient (Wildman–Crippen LogP) is 1.88. The van der Waals surface area contributed by atoms with Crippen molar-refractivity contribution >= 4 is 24.1 Å². The number of likely N-dealkylation sites (N-methyl/N-ethyl adjacent to an activating group) is 1. The second-order valence-electron chi connectivity index (χ2n) is 4.88. The molecule has 1 aromatic carbocycles. The van der Waals surface area contributed by atoms with E-state index < -0.39 is 6.10 Å². The topological polar surface area (TPSA) is 72.6 Å². The second kappa shape index (κ2) is 8.64. The van der Waals surface area contributed by atoms with Gasteiger partial charge in [-0.3, -0.25) is 9.59 Å². The second-order valence-corrected chi connectivity index (χ2v) is 4.88. The van der Waals surface area contributed by atoms with Gasteiger partial charge in [0, 0.05) is 25.2 Å². The van der Waals surface area contributed by atoms with Crippen molar-refractivity contribution < 1.29 is 14.3 Å². The first-order valence-electron chi connectivity index (χ1n) is 6.61. The van der Waals surface area contributed by atoms with Crippen LogP contribution >= 0.6 is 12.4 Å². The number of carbonyl (C=O) groups excluding carboxylic acids is 2. The molecule has 0 bridgehead atoms. The van der Waals surface area contributed by atoms with E-state index in [9.17, 15) is 9.59 Å². The fraction of sp³-hybridized carbons (Fsp3) is 0.467. The number of carbonyl (C=O) groups is 2. The molecule has 0 aliphatic carbocycles. The van der Waals surface area contributed by atoms with E-state index >= 15 is 0 Å². The summed E-state index contributed by atoms with van der Waals surface area (Å²) in [6, 6.07) is 6.76. The van der Waals surface area contributed by atoms with Crippen molar-refractivity contribution in [2.24, 2.45) is 5.73 Å². The molecule has 2 atom stereocenters. The Hall–Kier alpha value is -1.59. The fourth-order valence-electron chi connectivity index (χ4n) is 1.71. The summed E-state index contributed by atoms with van der Waals surface area (Å²) in [6.45, 7) is 5.45. The average Bonchev–Trinajstić information content (AvgIpc) is 2.44. The molecule has 0 radical (unpaired) electrons. The average molecular weight is 315 g/mol. The van der Waals surface area contributed by atoms with Gasteiger partial charge in [-0.25, -0.2) is 0 Å². The highest BCUT2D eigenvalue weighted by atomic mass is 35.5. The highest BCUT2D eigenvalue weighted by Gasteiger charge is 2.22. The van der Waals surface area contributed by atoms with E-state index in [0.717, 1.165) is 0 Å². The summed E-state index contributed by atoms with van der Waals surface area (Å²) in [4.78, 5) is 25.0. The van der Waals surface area contributed by atoms with Gasteiger partial charge in [0.05, 0.1) is 0 Å². The van der Waals surface area contributed by atoms with E-state index in [1.54, 1.807) is 43.1 Å². The van der Waals surface area contributed by atoms with Crippen LogP contribution < -0.4 is 10.5 Å². The van der Waals surface area contributed by atoms with Crippen molar-refractivity contribution in [3.05, 3.63) is 29.8 Å². The maximum absolute atomic E-state index is 12.1. The lowest BCUT2D eigenvalue weighted by Gasteiger charge is -2.27. The van der Waals surface area contributed by atoms with E-state index in [1.807, 2.05) is 6.92 Å². The lowest BCUT2D eigenvalue weighted by Crippen LogP contribution is -2.45. The number of ketones is 1. The Morgan fingerprint density at radius 3 is 2.48 bits per heavy atom. The smallest absolute Gasteiger partial charge is 0.263 e. The summed E-state index contributed by atoms with van der Waals surface area (Å²) >= 11 is 0. The molecule has 21 heavy (non-hydrogen) atoms. The molecule has 1 aromatic rings. The molecule has 6 heteroatoms. The number of rotatable bonds is 6. The Bertz CT molecular complexity index is 494. The highest BCUT2D eigenvalue weighted by Crippen LogP contribution is 2.16. The molecule has 0 heterocycles. The molecule has 2 N–H and O–H groups in total. The number of hydrogen-bond acceptors (Lipinski definition) is 4. The summed E-state index contributed by atoms with van der Waals surface area (Å²) in [5.74, 6) is 0.326.